The van der Waals surface area contributed by atoms with Crippen molar-refractivity contribution in [2.24, 2.45) is 4.99 Å². The lowest BCUT2D eigenvalue weighted by atomic mass is 10.2. The summed E-state index contributed by atoms with van der Waals surface area (Å²) in [6.07, 6.45) is 6.41. The van der Waals surface area contributed by atoms with Crippen molar-refractivity contribution in [3.8, 4) is 12.3 Å². The van der Waals surface area contributed by atoms with Gasteiger partial charge in [0, 0.05) is 6.07 Å². The number of fused-ring (bicyclic) bond motifs is 1. The fourth-order valence-electron chi connectivity index (χ4n) is 2.28. The van der Waals surface area contributed by atoms with Gasteiger partial charge in [-0.05, 0) is 31.0 Å². The van der Waals surface area contributed by atoms with Gasteiger partial charge < -0.3 is 9.09 Å². The maximum absolute atomic E-state index is 12.2. The van der Waals surface area contributed by atoms with E-state index in [1.807, 2.05) is 10.6 Å². The number of carbonyl (C=O) groups excluding carboxylic acids is 1. The van der Waals surface area contributed by atoms with Crippen LogP contribution >= 0.6 is 11.3 Å². The Bertz CT molecular complexity index is 985. The summed E-state index contributed by atoms with van der Waals surface area (Å²) in [6, 6.07) is 7.76. The second kappa shape index (κ2) is 6.23. The Balaban J connectivity index is 2.15. The monoisotopic (exact) mass is 325 g/mol. The first-order chi connectivity index (χ1) is 11.1. The number of nitrogens with zero attached hydrogens (tertiary/aromatic N) is 3. The molecule has 23 heavy (non-hydrogen) atoms. The van der Waals surface area contributed by atoms with E-state index in [0.29, 0.717) is 17.1 Å². The van der Waals surface area contributed by atoms with Crippen LogP contribution in [-0.4, -0.2) is 15.6 Å². The van der Waals surface area contributed by atoms with Crippen molar-refractivity contribution in [3.63, 3.8) is 0 Å². The standard InChI is InChI=1S/C17H15N3O2S/c1-4-8-20-14-7-6-12(5-2)10-15(14)23-17(20)18-16(21)13-9-11(3)22-19-13/h1,6-7,9-10H,5,8H2,2-3H3. The van der Waals surface area contributed by atoms with Gasteiger partial charge in [0.15, 0.2) is 10.5 Å². The van der Waals surface area contributed by atoms with Gasteiger partial charge in [0.05, 0.1) is 16.8 Å². The summed E-state index contributed by atoms with van der Waals surface area (Å²) < 4.78 is 7.85. The third-order valence-corrected chi connectivity index (χ3v) is 4.49. The molecule has 1 amide bonds. The van der Waals surface area contributed by atoms with Gasteiger partial charge in [0.25, 0.3) is 0 Å². The smallest absolute Gasteiger partial charge is 0.301 e. The van der Waals surface area contributed by atoms with E-state index in [1.54, 1.807) is 13.0 Å². The van der Waals surface area contributed by atoms with Crippen molar-refractivity contribution in [2.75, 3.05) is 0 Å². The van der Waals surface area contributed by atoms with Crippen molar-refractivity contribution in [1.29, 1.82) is 0 Å². The molecule has 0 atom stereocenters. The molecule has 0 bridgehead atoms. The Kier molecular flexibility index (Phi) is 4.13. The Hall–Kier alpha value is -2.65. The van der Waals surface area contributed by atoms with Gasteiger partial charge >= 0.3 is 5.91 Å². The highest BCUT2D eigenvalue weighted by Crippen LogP contribution is 2.19. The lowest BCUT2D eigenvalue weighted by molar-refractivity contribution is 0.0989. The van der Waals surface area contributed by atoms with E-state index in [0.717, 1.165) is 16.6 Å². The number of thiazole rings is 1. The van der Waals surface area contributed by atoms with Crippen molar-refractivity contribution in [2.45, 2.75) is 26.8 Å². The zero-order valence-corrected chi connectivity index (χ0v) is 13.7. The molecule has 2 heterocycles. The molecule has 0 fully saturated rings. The molecule has 0 N–H and O–H groups in total. The van der Waals surface area contributed by atoms with Gasteiger partial charge in [0.1, 0.15) is 5.76 Å². The average molecular weight is 325 g/mol. The zero-order valence-electron chi connectivity index (χ0n) is 12.9. The van der Waals surface area contributed by atoms with Crippen LogP contribution in [0.3, 0.4) is 0 Å². The maximum atomic E-state index is 12.2. The Morgan fingerprint density at radius 2 is 2.30 bits per heavy atom. The summed E-state index contributed by atoms with van der Waals surface area (Å²) in [6.45, 7) is 4.19. The number of aryl methyl sites for hydroxylation is 2. The SMILES string of the molecule is C#CCn1c(=NC(=O)c2cc(C)on2)sc2cc(CC)ccc21. The van der Waals surface area contributed by atoms with E-state index in [9.17, 15) is 4.79 Å². The van der Waals surface area contributed by atoms with E-state index >= 15 is 0 Å². The average Bonchev–Trinajstić information content (AvgIpc) is 3.11. The van der Waals surface area contributed by atoms with Crippen molar-refractivity contribution in [1.82, 2.24) is 9.72 Å². The quantitative estimate of drug-likeness (QED) is 0.696. The number of hydrogen-bond donors (Lipinski definition) is 0. The molecule has 0 aliphatic carbocycles. The molecule has 0 aliphatic heterocycles. The molecule has 0 saturated carbocycles. The fraction of sp³-hybridized carbons (Fsp3) is 0.235. The molecular weight excluding hydrogens is 310 g/mol. The minimum Gasteiger partial charge on any atom is -0.361 e. The molecule has 0 unspecified atom stereocenters. The topological polar surface area (TPSA) is 60.4 Å². The molecule has 5 nitrogen and oxygen atoms in total. The second-order valence-electron chi connectivity index (χ2n) is 5.07. The normalized spacial score (nSPS) is 11.8. The van der Waals surface area contributed by atoms with Crippen LogP contribution in [0.15, 0.2) is 33.8 Å². The molecule has 3 aromatic rings. The summed E-state index contributed by atoms with van der Waals surface area (Å²) in [4.78, 5) is 17.0. The zero-order chi connectivity index (χ0) is 16.4. The Morgan fingerprint density at radius 3 is 2.96 bits per heavy atom. The molecule has 1 aromatic carbocycles. The van der Waals surface area contributed by atoms with E-state index in [1.165, 1.54) is 16.9 Å². The highest BCUT2D eigenvalue weighted by molar-refractivity contribution is 7.16. The molecule has 0 radical (unpaired) electrons. The second-order valence-corrected chi connectivity index (χ2v) is 6.08. The number of carbonyl (C=O) groups is 1. The minimum absolute atomic E-state index is 0.196. The highest BCUT2D eigenvalue weighted by atomic mass is 32.1. The van der Waals surface area contributed by atoms with Gasteiger partial charge in [-0.25, -0.2) is 0 Å². The number of benzene rings is 1. The fourth-order valence-corrected chi connectivity index (χ4v) is 3.37. The largest absolute Gasteiger partial charge is 0.361 e. The van der Waals surface area contributed by atoms with Crippen LogP contribution in [0, 0.1) is 19.3 Å². The van der Waals surface area contributed by atoms with Crippen LogP contribution in [-0.2, 0) is 13.0 Å². The van der Waals surface area contributed by atoms with Gasteiger partial charge in [-0.15, -0.1) is 6.42 Å². The van der Waals surface area contributed by atoms with Crippen LogP contribution in [0.25, 0.3) is 10.2 Å². The summed E-state index contributed by atoms with van der Waals surface area (Å²) in [5, 5.41) is 3.71. The first kappa shape index (κ1) is 15.3. The molecular formula is C17H15N3O2S. The van der Waals surface area contributed by atoms with Crippen LogP contribution in [0.5, 0.6) is 0 Å². The van der Waals surface area contributed by atoms with Crippen molar-refractivity contribution in [3.05, 3.63) is 46.1 Å². The van der Waals surface area contributed by atoms with Gasteiger partial charge in [-0.3, -0.25) is 4.79 Å². The lowest BCUT2D eigenvalue weighted by Gasteiger charge is -2.00. The lowest BCUT2D eigenvalue weighted by Crippen LogP contribution is -2.16. The summed E-state index contributed by atoms with van der Waals surface area (Å²) >= 11 is 1.44. The van der Waals surface area contributed by atoms with E-state index in [4.69, 9.17) is 10.9 Å². The van der Waals surface area contributed by atoms with Crippen molar-refractivity contribution < 1.29 is 9.32 Å². The number of rotatable bonds is 3. The van der Waals surface area contributed by atoms with Gasteiger partial charge in [0.2, 0.25) is 0 Å². The molecule has 6 heteroatoms. The molecule has 3 rings (SSSR count). The van der Waals surface area contributed by atoms with E-state index < -0.39 is 5.91 Å². The molecule has 2 aromatic heterocycles. The van der Waals surface area contributed by atoms with Gasteiger partial charge in [-0.1, -0.05) is 35.4 Å². The van der Waals surface area contributed by atoms with E-state index in [2.05, 4.69) is 35.1 Å². The third kappa shape index (κ3) is 2.96. The summed E-state index contributed by atoms with van der Waals surface area (Å²) in [7, 11) is 0. The molecule has 0 aliphatic rings. The molecule has 116 valence electrons. The van der Waals surface area contributed by atoms with Crippen LogP contribution in [0.2, 0.25) is 0 Å². The Morgan fingerprint density at radius 1 is 1.48 bits per heavy atom. The molecule has 0 saturated heterocycles. The third-order valence-electron chi connectivity index (χ3n) is 3.45. The summed E-state index contributed by atoms with van der Waals surface area (Å²) in [5.74, 6) is 2.75. The van der Waals surface area contributed by atoms with Crippen molar-refractivity contribution >= 4 is 27.5 Å². The molecule has 0 spiro atoms. The first-order valence-corrected chi connectivity index (χ1v) is 8.02. The number of amides is 1. The maximum Gasteiger partial charge on any atom is 0.301 e. The number of terminal acetylenes is 1. The number of aromatic nitrogens is 2. The van der Waals surface area contributed by atoms with Crippen LogP contribution < -0.4 is 4.80 Å². The Labute approximate surface area is 137 Å². The first-order valence-electron chi connectivity index (χ1n) is 7.20. The summed E-state index contributed by atoms with van der Waals surface area (Å²) in [5.41, 5.74) is 2.41. The minimum atomic E-state index is -0.435. The van der Waals surface area contributed by atoms with Crippen LogP contribution in [0.1, 0.15) is 28.7 Å². The number of hydrogen-bond acceptors (Lipinski definition) is 4. The van der Waals surface area contributed by atoms with Gasteiger partial charge in [-0.2, -0.15) is 4.99 Å². The van der Waals surface area contributed by atoms with Crippen LogP contribution in [0.4, 0.5) is 0 Å². The highest BCUT2D eigenvalue weighted by Gasteiger charge is 2.12. The predicted molar refractivity (Wildman–Crippen MR) is 89.2 cm³/mol. The van der Waals surface area contributed by atoms with E-state index in [-0.39, 0.29) is 5.69 Å². The predicted octanol–water partition coefficient (Wildman–Crippen LogP) is 2.94.